The summed E-state index contributed by atoms with van der Waals surface area (Å²) in [4.78, 5) is 29.8. The lowest BCUT2D eigenvalue weighted by molar-refractivity contribution is -0.114. The fraction of sp³-hybridized carbons (Fsp3) is 0.286. The highest BCUT2D eigenvalue weighted by Crippen LogP contribution is 2.32. The fourth-order valence-electron chi connectivity index (χ4n) is 2.39. The van der Waals surface area contributed by atoms with Crippen LogP contribution >= 0.6 is 11.6 Å². The minimum absolute atomic E-state index is 0.126. The van der Waals surface area contributed by atoms with E-state index in [0.717, 1.165) is 0 Å². The zero-order chi connectivity index (χ0) is 15.1. The summed E-state index contributed by atoms with van der Waals surface area (Å²) in [5.74, 6) is -0.470. The second kappa shape index (κ2) is 4.96. The van der Waals surface area contributed by atoms with Crippen molar-refractivity contribution < 1.29 is 9.59 Å². The number of aromatic nitrogens is 3. The van der Waals surface area contributed by atoms with Gasteiger partial charge in [0.2, 0.25) is 0 Å². The first kappa shape index (κ1) is 13.8. The highest BCUT2D eigenvalue weighted by atomic mass is 35.5. The van der Waals surface area contributed by atoms with Crippen LogP contribution in [0.15, 0.2) is 24.5 Å². The quantitative estimate of drug-likeness (QED) is 0.816. The molecule has 0 unspecified atom stereocenters. The lowest BCUT2D eigenvalue weighted by atomic mass is 10.1. The number of halogens is 1. The van der Waals surface area contributed by atoms with E-state index in [0.29, 0.717) is 22.1 Å². The van der Waals surface area contributed by atoms with Gasteiger partial charge in [0.15, 0.2) is 0 Å². The van der Waals surface area contributed by atoms with Crippen LogP contribution in [0.1, 0.15) is 36.1 Å². The molecule has 1 aliphatic rings. The third kappa shape index (κ3) is 2.21. The molecule has 0 spiro atoms. The van der Waals surface area contributed by atoms with Crippen LogP contribution in [0.5, 0.6) is 0 Å². The number of anilines is 1. The van der Waals surface area contributed by atoms with Gasteiger partial charge in [0.25, 0.3) is 11.7 Å². The van der Waals surface area contributed by atoms with E-state index in [1.165, 1.54) is 17.3 Å². The highest BCUT2D eigenvalue weighted by molar-refractivity contribution is 6.52. The smallest absolute Gasteiger partial charge is 0.297 e. The third-order valence-electron chi connectivity index (χ3n) is 3.37. The molecule has 2 heterocycles. The van der Waals surface area contributed by atoms with Gasteiger partial charge >= 0.3 is 0 Å². The number of benzene rings is 1. The van der Waals surface area contributed by atoms with Crippen LogP contribution in [0.2, 0.25) is 5.02 Å². The van der Waals surface area contributed by atoms with Crippen molar-refractivity contribution in [3.05, 3.63) is 40.9 Å². The lowest BCUT2D eigenvalue weighted by Gasteiger charge is -2.17. The number of rotatable bonds is 3. The van der Waals surface area contributed by atoms with E-state index in [1.54, 1.807) is 16.8 Å². The number of fused-ring (bicyclic) bond motifs is 1. The molecule has 0 saturated heterocycles. The first-order chi connectivity index (χ1) is 9.99. The Balaban J connectivity index is 1.99. The van der Waals surface area contributed by atoms with E-state index in [4.69, 9.17) is 11.6 Å². The van der Waals surface area contributed by atoms with E-state index in [9.17, 15) is 9.59 Å². The van der Waals surface area contributed by atoms with Crippen molar-refractivity contribution in [2.24, 2.45) is 0 Å². The summed E-state index contributed by atoms with van der Waals surface area (Å²) in [6, 6.07) is 4.98. The molecule has 1 aliphatic heterocycles. The minimum atomic E-state index is -0.564. The van der Waals surface area contributed by atoms with Gasteiger partial charge in [-0.25, -0.2) is 9.67 Å². The van der Waals surface area contributed by atoms with Crippen LogP contribution in [0, 0.1) is 0 Å². The Kier molecular flexibility index (Phi) is 3.25. The van der Waals surface area contributed by atoms with Crippen molar-refractivity contribution in [3.8, 4) is 0 Å². The molecule has 3 rings (SSSR count). The van der Waals surface area contributed by atoms with Gasteiger partial charge in [-0.1, -0.05) is 11.6 Å². The molecule has 0 bridgehead atoms. The molecular formula is C14H13ClN4O2. The average Bonchev–Trinajstić information content (AvgIpc) is 2.99. The van der Waals surface area contributed by atoms with E-state index < -0.39 is 11.7 Å². The highest BCUT2D eigenvalue weighted by Gasteiger charge is 2.36. The van der Waals surface area contributed by atoms with Crippen LogP contribution in [0.3, 0.4) is 0 Å². The number of ketones is 1. The molecule has 1 amide bonds. The molecular weight excluding hydrogens is 292 g/mol. The molecule has 0 saturated carbocycles. The molecule has 6 nitrogen and oxygen atoms in total. The van der Waals surface area contributed by atoms with E-state index in [-0.39, 0.29) is 12.6 Å². The fourth-order valence-corrected chi connectivity index (χ4v) is 2.56. The molecule has 7 heteroatoms. The number of nitrogens with zero attached hydrogens (tertiary/aromatic N) is 4. The van der Waals surface area contributed by atoms with Crippen LogP contribution in [-0.2, 0) is 11.3 Å². The van der Waals surface area contributed by atoms with Gasteiger partial charge in [0.1, 0.15) is 12.2 Å². The van der Waals surface area contributed by atoms with Crippen molar-refractivity contribution in [3.63, 3.8) is 0 Å². The number of hydrogen-bond acceptors (Lipinski definition) is 4. The van der Waals surface area contributed by atoms with Crippen molar-refractivity contribution >= 4 is 29.0 Å². The summed E-state index contributed by atoms with van der Waals surface area (Å²) >= 11 is 5.89. The molecule has 108 valence electrons. The molecule has 21 heavy (non-hydrogen) atoms. The SMILES string of the molecule is CC(C)n1ncnc1CN1C(=O)C(=O)c2cc(Cl)ccc21. The third-order valence-corrected chi connectivity index (χ3v) is 3.60. The summed E-state index contributed by atoms with van der Waals surface area (Å²) < 4.78 is 1.73. The molecule has 0 radical (unpaired) electrons. The average molecular weight is 305 g/mol. The van der Waals surface area contributed by atoms with E-state index in [1.807, 2.05) is 13.8 Å². The summed E-state index contributed by atoms with van der Waals surface area (Å²) in [6.07, 6.45) is 1.44. The normalized spacial score (nSPS) is 14.2. The Hall–Kier alpha value is -2.21. The predicted octanol–water partition coefficient (Wildman–Crippen LogP) is 2.24. The van der Waals surface area contributed by atoms with Gasteiger partial charge in [-0.2, -0.15) is 5.10 Å². The molecule has 1 aromatic carbocycles. The lowest BCUT2D eigenvalue weighted by Crippen LogP contribution is -2.30. The zero-order valence-electron chi connectivity index (χ0n) is 11.6. The van der Waals surface area contributed by atoms with Crippen LogP contribution in [0.4, 0.5) is 5.69 Å². The van der Waals surface area contributed by atoms with Gasteiger partial charge in [0.05, 0.1) is 17.8 Å². The standard InChI is InChI=1S/C14H13ClN4O2/c1-8(2)19-12(16-7-17-19)6-18-11-4-3-9(15)5-10(11)13(20)14(18)21/h3-5,7-8H,6H2,1-2H3. The largest absolute Gasteiger partial charge is 0.299 e. The van der Waals surface area contributed by atoms with Crippen LogP contribution in [0.25, 0.3) is 0 Å². The second-order valence-corrected chi connectivity index (χ2v) is 5.53. The summed E-state index contributed by atoms with van der Waals surface area (Å²) in [6.45, 7) is 4.16. The van der Waals surface area contributed by atoms with Crippen molar-refractivity contribution in [2.75, 3.05) is 4.90 Å². The monoisotopic (exact) mass is 304 g/mol. The van der Waals surface area contributed by atoms with Gasteiger partial charge in [-0.15, -0.1) is 0 Å². The number of Topliss-reactive ketones (excluding diaryl/α,β-unsaturated/α-hetero) is 1. The van der Waals surface area contributed by atoms with Gasteiger partial charge in [0, 0.05) is 11.1 Å². The molecule has 0 atom stereocenters. The van der Waals surface area contributed by atoms with Crippen LogP contribution < -0.4 is 4.90 Å². The first-order valence-electron chi connectivity index (χ1n) is 6.53. The number of carbonyl (C=O) groups is 2. The Labute approximate surface area is 126 Å². The van der Waals surface area contributed by atoms with Crippen molar-refractivity contribution in [1.29, 1.82) is 0 Å². The number of carbonyl (C=O) groups excluding carboxylic acids is 2. The predicted molar refractivity (Wildman–Crippen MR) is 77.4 cm³/mol. The summed E-state index contributed by atoms with van der Waals surface area (Å²) in [5.41, 5.74) is 0.899. The molecule has 0 fully saturated rings. The Morgan fingerprint density at radius 1 is 1.29 bits per heavy atom. The zero-order valence-corrected chi connectivity index (χ0v) is 12.3. The summed E-state index contributed by atoms with van der Waals surface area (Å²) in [5, 5.41) is 4.57. The molecule has 2 aromatic rings. The minimum Gasteiger partial charge on any atom is -0.297 e. The van der Waals surface area contributed by atoms with Gasteiger partial charge in [-0.3, -0.25) is 14.5 Å². The van der Waals surface area contributed by atoms with Crippen molar-refractivity contribution in [2.45, 2.75) is 26.4 Å². The maximum Gasteiger partial charge on any atom is 0.299 e. The number of amides is 1. The Morgan fingerprint density at radius 2 is 2.05 bits per heavy atom. The van der Waals surface area contributed by atoms with E-state index >= 15 is 0 Å². The van der Waals surface area contributed by atoms with Crippen molar-refractivity contribution in [1.82, 2.24) is 14.8 Å². The van der Waals surface area contributed by atoms with Gasteiger partial charge in [-0.05, 0) is 32.0 Å². The Bertz CT molecular complexity index is 738. The molecule has 0 aliphatic carbocycles. The first-order valence-corrected chi connectivity index (χ1v) is 6.91. The number of hydrogen-bond donors (Lipinski definition) is 0. The topological polar surface area (TPSA) is 68.1 Å². The van der Waals surface area contributed by atoms with E-state index in [2.05, 4.69) is 10.1 Å². The Morgan fingerprint density at radius 3 is 2.76 bits per heavy atom. The van der Waals surface area contributed by atoms with Crippen LogP contribution in [-0.4, -0.2) is 26.5 Å². The maximum absolute atomic E-state index is 12.2. The molecule has 0 N–H and O–H groups in total. The maximum atomic E-state index is 12.2. The van der Waals surface area contributed by atoms with Gasteiger partial charge < -0.3 is 0 Å². The second-order valence-electron chi connectivity index (χ2n) is 5.10. The summed E-state index contributed by atoms with van der Waals surface area (Å²) in [7, 11) is 0. The molecule has 1 aromatic heterocycles.